The third-order valence-corrected chi connectivity index (χ3v) is 4.62. The molecule has 2 heterocycles. The second kappa shape index (κ2) is 5.51. The summed E-state index contributed by atoms with van der Waals surface area (Å²) in [6.45, 7) is 5.40. The zero-order chi connectivity index (χ0) is 13.2. The van der Waals surface area contributed by atoms with E-state index in [1.54, 1.807) is 0 Å². The van der Waals surface area contributed by atoms with Crippen molar-refractivity contribution in [2.45, 2.75) is 38.3 Å². The molecule has 3 rings (SSSR count). The molecule has 0 radical (unpaired) electrons. The summed E-state index contributed by atoms with van der Waals surface area (Å²) in [6.07, 6.45) is 3.91. The van der Waals surface area contributed by atoms with Crippen LogP contribution in [0.5, 0.6) is 5.75 Å². The van der Waals surface area contributed by atoms with Gasteiger partial charge in [0.15, 0.2) is 0 Å². The Balaban J connectivity index is 1.76. The Morgan fingerprint density at radius 1 is 1.21 bits per heavy atom. The van der Waals surface area contributed by atoms with Crippen LogP contribution in [0.25, 0.3) is 0 Å². The second-order valence-electron chi connectivity index (χ2n) is 6.01. The molecule has 2 aliphatic rings. The van der Waals surface area contributed by atoms with Crippen molar-refractivity contribution >= 4 is 0 Å². The van der Waals surface area contributed by atoms with Gasteiger partial charge in [-0.3, -0.25) is 4.90 Å². The van der Waals surface area contributed by atoms with E-state index >= 15 is 0 Å². The summed E-state index contributed by atoms with van der Waals surface area (Å²) in [5.74, 6) is 1.81. The fourth-order valence-corrected chi connectivity index (χ4v) is 3.32. The summed E-state index contributed by atoms with van der Waals surface area (Å²) in [7, 11) is 0. The molecular weight excluding hydrogens is 236 g/mol. The number of nitrogens with two attached hydrogens (primary N) is 1. The van der Waals surface area contributed by atoms with E-state index in [0.717, 1.165) is 36.9 Å². The normalized spacial score (nSPS) is 32.2. The van der Waals surface area contributed by atoms with Crippen LogP contribution in [-0.4, -0.2) is 30.6 Å². The Bertz CT molecular complexity index is 435. The van der Waals surface area contributed by atoms with Gasteiger partial charge in [0.05, 0.1) is 12.1 Å². The molecule has 3 atom stereocenters. The van der Waals surface area contributed by atoms with Gasteiger partial charge < -0.3 is 10.5 Å². The Morgan fingerprint density at radius 3 is 2.95 bits per heavy atom. The molecule has 0 aromatic heterocycles. The summed E-state index contributed by atoms with van der Waals surface area (Å²) in [4.78, 5) is 2.55. The van der Waals surface area contributed by atoms with Crippen LogP contribution >= 0.6 is 0 Å². The van der Waals surface area contributed by atoms with Crippen molar-refractivity contribution in [3.05, 3.63) is 29.8 Å². The number of fused-ring (bicyclic) bond motifs is 1. The maximum absolute atomic E-state index is 6.49. The highest BCUT2D eigenvalue weighted by molar-refractivity contribution is 5.38. The minimum Gasteiger partial charge on any atom is -0.492 e. The number of ether oxygens (including phenoxy) is 1. The lowest BCUT2D eigenvalue weighted by Gasteiger charge is -2.38. The van der Waals surface area contributed by atoms with E-state index in [0.29, 0.717) is 6.04 Å². The molecule has 3 unspecified atom stereocenters. The molecule has 1 aromatic rings. The maximum atomic E-state index is 6.49. The van der Waals surface area contributed by atoms with Gasteiger partial charge in [0, 0.05) is 5.56 Å². The van der Waals surface area contributed by atoms with Gasteiger partial charge in [-0.05, 0) is 44.3 Å². The van der Waals surface area contributed by atoms with Gasteiger partial charge in [0.2, 0.25) is 0 Å². The van der Waals surface area contributed by atoms with Crippen LogP contribution in [0, 0.1) is 5.92 Å². The van der Waals surface area contributed by atoms with Gasteiger partial charge in [-0.15, -0.1) is 0 Å². The van der Waals surface area contributed by atoms with E-state index < -0.39 is 0 Å². The predicted octanol–water partition coefficient (Wildman–Crippen LogP) is 2.57. The third kappa shape index (κ3) is 2.63. The Hall–Kier alpha value is -1.06. The van der Waals surface area contributed by atoms with E-state index in [9.17, 15) is 0 Å². The standard InChI is InChI=1S/C16H24N2O/c1-12-5-4-9-18(10-8-12)14-11-19-15-7-3-2-6-13(15)16(14)17/h2-3,6-7,12,14,16H,4-5,8-11,17H2,1H3. The number of benzene rings is 1. The van der Waals surface area contributed by atoms with Crippen molar-refractivity contribution in [2.75, 3.05) is 19.7 Å². The number of nitrogens with zero attached hydrogens (tertiary/aromatic N) is 1. The van der Waals surface area contributed by atoms with E-state index in [2.05, 4.69) is 24.0 Å². The molecule has 1 saturated heterocycles. The molecule has 19 heavy (non-hydrogen) atoms. The summed E-state index contributed by atoms with van der Waals surface area (Å²) < 4.78 is 5.91. The highest BCUT2D eigenvalue weighted by Gasteiger charge is 2.32. The minimum atomic E-state index is 0.0818. The van der Waals surface area contributed by atoms with Crippen LogP contribution in [-0.2, 0) is 0 Å². The van der Waals surface area contributed by atoms with Gasteiger partial charge in [-0.1, -0.05) is 25.1 Å². The fraction of sp³-hybridized carbons (Fsp3) is 0.625. The lowest BCUT2D eigenvalue weighted by Crippen LogP contribution is -2.49. The zero-order valence-corrected chi connectivity index (χ0v) is 11.7. The molecule has 0 saturated carbocycles. The van der Waals surface area contributed by atoms with Gasteiger partial charge in [0.1, 0.15) is 12.4 Å². The van der Waals surface area contributed by atoms with Crippen molar-refractivity contribution < 1.29 is 4.74 Å². The van der Waals surface area contributed by atoms with Crippen LogP contribution in [0.1, 0.15) is 37.8 Å². The first-order valence-corrected chi connectivity index (χ1v) is 7.47. The van der Waals surface area contributed by atoms with Crippen molar-refractivity contribution in [2.24, 2.45) is 11.7 Å². The molecule has 0 bridgehead atoms. The zero-order valence-electron chi connectivity index (χ0n) is 11.7. The summed E-state index contributed by atoms with van der Waals surface area (Å²) in [5.41, 5.74) is 7.65. The Labute approximate surface area is 115 Å². The first kappa shape index (κ1) is 12.9. The van der Waals surface area contributed by atoms with Crippen LogP contribution in [0.4, 0.5) is 0 Å². The average molecular weight is 260 g/mol. The number of hydrogen-bond donors (Lipinski definition) is 1. The Morgan fingerprint density at radius 2 is 2.05 bits per heavy atom. The monoisotopic (exact) mass is 260 g/mol. The van der Waals surface area contributed by atoms with Crippen LogP contribution < -0.4 is 10.5 Å². The molecule has 1 fully saturated rings. The number of para-hydroxylation sites is 1. The van der Waals surface area contributed by atoms with Crippen molar-refractivity contribution in [1.29, 1.82) is 0 Å². The lowest BCUT2D eigenvalue weighted by atomic mass is 9.96. The molecule has 2 aliphatic heterocycles. The van der Waals surface area contributed by atoms with Crippen molar-refractivity contribution in [3.63, 3.8) is 0 Å². The van der Waals surface area contributed by atoms with Crippen LogP contribution in [0.15, 0.2) is 24.3 Å². The van der Waals surface area contributed by atoms with Crippen molar-refractivity contribution in [3.8, 4) is 5.75 Å². The Kier molecular flexibility index (Phi) is 3.76. The van der Waals surface area contributed by atoms with Crippen LogP contribution in [0.2, 0.25) is 0 Å². The van der Waals surface area contributed by atoms with Crippen LogP contribution in [0.3, 0.4) is 0 Å². The lowest BCUT2D eigenvalue weighted by molar-refractivity contribution is 0.0998. The van der Waals surface area contributed by atoms with Gasteiger partial charge in [0.25, 0.3) is 0 Å². The SMILES string of the molecule is CC1CCCN(C2COc3ccccc3C2N)CC1. The third-order valence-electron chi connectivity index (χ3n) is 4.62. The minimum absolute atomic E-state index is 0.0818. The molecule has 104 valence electrons. The fourth-order valence-electron chi connectivity index (χ4n) is 3.32. The highest BCUT2D eigenvalue weighted by atomic mass is 16.5. The predicted molar refractivity (Wildman–Crippen MR) is 77.2 cm³/mol. The van der Waals surface area contributed by atoms with E-state index in [1.165, 1.54) is 19.3 Å². The van der Waals surface area contributed by atoms with Crippen molar-refractivity contribution in [1.82, 2.24) is 4.90 Å². The average Bonchev–Trinajstić information content (AvgIpc) is 2.65. The van der Waals surface area contributed by atoms with Gasteiger partial charge >= 0.3 is 0 Å². The van der Waals surface area contributed by atoms with Gasteiger partial charge in [-0.2, -0.15) is 0 Å². The summed E-state index contributed by atoms with van der Waals surface area (Å²) in [6, 6.07) is 8.61. The number of likely N-dealkylation sites (tertiary alicyclic amines) is 1. The maximum Gasteiger partial charge on any atom is 0.124 e. The quantitative estimate of drug-likeness (QED) is 0.843. The largest absolute Gasteiger partial charge is 0.492 e. The molecule has 2 N–H and O–H groups in total. The molecule has 3 nitrogen and oxygen atoms in total. The summed E-state index contributed by atoms with van der Waals surface area (Å²) >= 11 is 0. The first-order valence-electron chi connectivity index (χ1n) is 7.47. The highest BCUT2D eigenvalue weighted by Crippen LogP contribution is 2.33. The first-order chi connectivity index (χ1) is 9.25. The second-order valence-corrected chi connectivity index (χ2v) is 6.01. The smallest absolute Gasteiger partial charge is 0.124 e. The van der Waals surface area contributed by atoms with Gasteiger partial charge in [-0.25, -0.2) is 0 Å². The molecular formula is C16H24N2O. The molecule has 0 aliphatic carbocycles. The van der Waals surface area contributed by atoms with E-state index in [-0.39, 0.29) is 6.04 Å². The topological polar surface area (TPSA) is 38.5 Å². The van der Waals surface area contributed by atoms with E-state index in [4.69, 9.17) is 10.5 Å². The molecule has 1 aromatic carbocycles. The van der Waals surface area contributed by atoms with E-state index in [1.807, 2.05) is 12.1 Å². The molecule has 0 amide bonds. The molecule has 0 spiro atoms. The number of rotatable bonds is 1. The summed E-state index contributed by atoms with van der Waals surface area (Å²) in [5, 5.41) is 0. The molecule has 3 heteroatoms. The number of hydrogen-bond acceptors (Lipinski definition) is 3.